The molecule has 0 aliphatic heterocycles. The Balaban J connectivity index is 2.14. The number of rotatable bonds is 4. The Morgan fingerprint density at radius 1 is 1.32 bits per heavy atom. The zero-order valence-electron chi connectivity index (χ0n) is 9.74. The number of benzene rings is 1. The summed E-state index contributed by atoms with van der Waals surface area (Å²) in [5.74, 6) is -2.71. The average molecular weight is 271 g/mol. The van der Waals surface area contributed by atoms with Crippen LogP contribution in [0.2, 0.25) is 0 Å². The predicted molar refractivity (Wildman–Crippen MR) is 70.5 cm³/mol. The molecule has 2 rings (SSSR count). The van der Waals surface area contributed by atoms with E-state index >= 15 is 0 Å². The minimum Gasteiger partial charge on any atom is -0.295 e. The number of carbonyl (C=O) groups is 2. The number of aromatic nitrogens is 1. The number of nitriles is 1. The summed E-state index contributed by atoms with van der Waals surface area (Å²) in [6.45, 7) is 0. The van der Waals surface area contributed by atoms with Gasteiger partial charge < -0.3 is 0 Å². The Hall–Kier alpha value is -2.52. The lowest BCUT2D eigenvalue weighted by atomic mass is 9.96. The van der Waals surface area contributed by atoms with Gasteiger partial charge in [-0.3, -0.25) is 14.9 Å². The Morgan fingerprint density at radius 3 is 2.63 bits per heavy atom. The molecule has 1 atom stereocenters. The van der Waals surface area contributed by atoms with E-state index in [1.807, 2.05) is 6.07 Å². The van der Waals surface area contributed by atoms with Gasteiger partial charge in [0.05, 0.1) is 6.07 Å². The summed E-state index contributed by atoms with van der Waals surface area (Å²) in [5, 5.41) is 13.5. The first-order valence-electron chi connectivity index (χ1n) is 5.41. The third-order valence-corrected chi connectivity index (χ3v) is 3.09. The fraction of sp³-hybridized carbons (Fsp3) is 0.0769. The number of carbonyl (C=O) groups excluding carboxylic acids is 2. The van der Waals surface area contributed by atoms with Crippen LogP contribution in [0.3, 0.4) is 0 Å². The molecule has 2 aromatic rings. The molecule has 0 saturated heterocycles. The number of anilines is 1. The maximum Gasteiger partial charge on any atom is 0.295 e. The van der Waals surface area contributed by atoms with Crippen LogP contribution in [0, 0.1) is 11.3 Å². The monoisotopic (exact) mass is 271 g/mol. The molecule has 5 nitrogen and oxygen atoms in total. The molecule has 1 N–H and O–H groups in total. The first kappa shape index (κ1) is 12.9. The van der Waals surface area contributed by atoms with E-state index in [0.29, 0.717) is 10.7 Å². The molecule has 19 heavy (non-hydrogen) atoms. The van der Waals surface area contributed by atoms with Gasteiger partial charge in [-0.2, -0.15) is 5.26 Å². The van der Waals surface area contributed by atoms with Crippen LogP contribution in [0.5, 0.6) is 0 Å². The first-order chi connectivity index (χ1) is 9.22. The van der Waals surface area contributed by atoms with Crippen molar-refractivity contribution in [2.45, 2.75) is 5.92 Å². The summed E-state index contributed by atoms with van der Waals surface area (Å²) in [5.41, 5.74) is 0.504. The smallest absolute Gasteiger partial charge is 0.295 e. The van der Waals surface area contributed by atoms with E-state index in [1.54, 1.807) is 35.7 Å². The van der Waals surface area contributed by atoms with Gasteiger partial charge in [0.1, 0.15) is 5.92 Å². The average Bonchev–Trinajstić information content (AvgIpc) is 2.93. The molecule has 0 bridgehead atoms. The van der Waals surface area contributed by atoms with Crippen molar-refractivity contribution in [2.24, 2.45) is 0 Å². The number of thiazole rings is 1. The highest BCUT2D eigenvalue weighted by Gasteiger charge is 2.27. The zero-order valence-corrected chi connectivity index (χ0v) is 10.6. The minimum atomic E-state index is -1.10. The van der Waals surface area contributed by atoms with Crippen molar-refractivity contribution in [1.82, 2.24) is 4.98 Å². The van der Waals surface area contributed by atoms with Gasteiger partial charge in [0, 0.05) is 11.6 Å². The zero-order chi connectivity index (χ0) is 13.7. The van der Waals surface area contributed by atoms with Crippen molar-refractivity contribution < 1.29 is 9.59 Å². The number of ketones is 1. The number of nitrogens with one attached hydrogen (secondary N) is 1. The van der Waals surface area contributed by atoms with Gasteiger partial charge in [0.15, 0.2) is 5.13 Å². The molecule has 0 unspecified atom stereocenters. The molecule has 1 aromatic carbocycles. The Bertz CT molecular complexity index is 617. The normalized spacial score (nSPS) is 11.3. The van der Waals surface area contributed by atoms with Crippen LogP contribution in [0.15, 0.2) is 41.9 Å². The van der Waals surface area contributed by atoms with Crippen LogP contribution in [0.25, 0.3) is 0 Å². The van der Waals surface area contributed by atoms with Crippen molar-refractivity contribution in [2.75, 3.05) is 5.32 Å². The third-order valence-electron chi connectivity index (χ3n) is 2.40. The van der Waals surface area contributed by atoms with Gasteiger partial charge >= 0.3 is 0 Å². The SMILES string of the molecule is N#C[C@H](C(=O)C(=O)Nc1nccs1)c1ccccc1. The summed E-state index contributed by atoms with van der Waals surface area (Å²) in [4.78, 5) is 27.5. The highest BCUT2D eigenvalue weighted by atomic mass is 32.1. The van der Waals surface area contributed by atoms with Crippen molar-refractivity contribution in [3.05, 3.63) is 47.5 Å². The number of amides is 1. The van der Waals surface area contributed by atoms with Crippen molar-refractivity contribution in [1.29, 1.82) is 5.26 Å². The first-order valence-corrected chi connectivity index (χ1v) is 6.29. The Kier molecular flexibility index (Phi) is 4.00. The second-order valence-corrected chi connectivity index (χ2v) is 4.52. The summed E-state index contributed by atoms with van der Waals surface area (Å²) in [7, 11) is 0. The summed E-state index contributed by atoms with van der Waals surface area (Å²) < 4.78 is 0. The van der Waals surface area contributed by atoms with Crippen LogP contribution < -0.4 is 5.32 Å². The minimum absolute atomic E-state index is 0.336. The molecule has 0 spiro atoms. The van der Waals surface area contributed by atoms with Crippen molar-refractivity contribution in [3.8, 4) is 6.07 Å². The van der Waals surface area contributed by atoms with E-state index < -0.39 is 17.6 Å². The standard InChI is InChI=1S/C13H9N3O2S/c14-8-10(9-4-2-1-3-5-9)11(17)12(18)16-13-15-6-7-19-13/h1-7,10H,(H,15,16,18)/t10-/m0/s1. The van der Waals surface area contributed by atoms with Gasteiger partial charge in [-0.1, -0.05) is 30.3 Å². The topological polar surface area (TPSA) is 82.8 Å². The summed E-state index contributed by atoms with van der Waals surface area (Å²) >= 11 is 1.21. The fourth-order valence-electron chi connectivity index (χ4n) is 1.51. The Morgan fingerprint density at radius 2 is 2.05 bits per heavy atom. The molecule has 0 aliphatic carbocycles. The molecule has 6 heteroatoms. The van der Waals surface area contributed by atoms with E-state index in [9.17, 15) is 9.59 Å². The fourth-order valence-corrected chi connectivity index (χ4v) is 2.03. The molecule has 1 amide bonds. The maximum atomic E-state index is 11.9. The third kappa shape index (κ3) is 3.03. The van der Waals surface area contributed by atoms with E-state index in [-0.39, 0.29) is 0 Å². The predicted octanol–water partition coefficient (Wildman–Crippen LogP) is 1.96. The van der Waals surface area contributed by atoms with Crippen LogP contribution in [0.1, 0.15) is 11.5 Å². The summed E-state index contributed by atoms with van der Waals surface area (Å²) in [6.07, 6.45) is 1.52. The van der Waals surface area contributed by atoms with Crippen LogP contribution >= 0.6 is 11.3 Å². The largest absolute Gasteiger partial charge is 0.295 e. The second kappa shape index (κ2) is 5.89. The number of hydrogen-bond acceptors (Lipinski definition) is 5. The maximum absolute atomic E-state index is 11.9. The van der Waals surface area contributed by atoms with Gasteiger partial charge in [-0.15, -0.1) is 11.3 Å². The lowest BCUT2D eigenvalue weighted by molar-refractivity contribution is -0.135. The van der Waals surface area contributed by atoms with Crippen LogP contribution in [-0.4, -0.2) is 16.7 Å². The lowest BCUT2D eigenvalue weighted by Gasteiger charge is -2.07. The molecule has 1 aromatic heterocycles. The molecule has 0 saturated carbocycles. The van der Waals surface area contributed by atoms with Crippen LogP contribution in [-0.2, 0) is 9.59 Å². The molecule has 0 aliphatic rings. The molecule has 0 radical (unpaired) electrons. The number of nitrogens with zero attached hydrogens (tertiary/aromatic N) is 2. The van der Waals surface area contributed by atoms with E-state index in [4.69, 9.17) is 5.26 Å². The molecular formula is C13H9N3O2S. The van der Waals surface area contributed by atoms with Crippen molar-refractivity contribution in [3.63, 3.8) is 0 Å². The summed E-state index contributed by atoms with van der Waals surface area (Å²) in [6, 6.07) is 10.3. The van der Waals surface area contributed by atoms with E-state index in [2.05, 4.69) is 10.3 Å². The molecule has 0 fully saturated rings. The van der Waals surface area contributed by atoms with Gasteiger partial charge in [0.2, 0.25) is 5.78 Å². The van der Waals surface area contributed by atoms with E-state index in [1.165, 1.54) is 17.5 Å². The van der Waals surface area contributed by atoms with Crippen molar-refractivity contribution >= 4 is 28.2 Å². The highest BCUT2D eigenvalue weighted by Crippen LogP contribution is 2.17. The molecule has 1 heterocycles. The van der Waals surface area contributed by atoms with Gasteiger partial charge in [-0.05, 0) is 5.56 Å². The van der Waals surface area contributed by atoms with Crippen LogP contribution in [0.4, 0.5) is 5.13 Å². The van der Waals surface area contributed by atoms with E-state index in [0.717, 1.165) is 0 Å². The number of hydrogen-bond donors (Lipinski definition) is 1. The Labute approximate surface area is 113 Å². The van der Waals surface area contributed by atoms with Gasteiger partial charge in [0.25, 0.3) is 5.91 Å². The van der Waals surface area contributed by atoms with Gasteiger partial charge in [-0.25, -0.2) is 4.98 Å². The molecular weight excluding hydrogens is 262 g/mol. The highest BCUT2D eigenvalue weighted by molar-refractivity contribution is 7.13. The second-order valence-electron chi connectivity index (χ2n) is 3.63. The quantitative estimate of drug-likeness (QED) is 0.862. The molecule has 94 valence electrons. The lowest BCUT2D eigenvalue weighted by Crippen LogP contribution is -2.27. The number of Topliss-reactive ketones (excluding diaryl/α,β-unsaturated/α-hetero) is 1.